The number of nitrogens with one attached hydrogen (secondary N) is 3. The number of benzene rings is 2. The molecule has 1 fully saturated rings. The van der Waals surface area contributed by atoms with E-state index < -0.39 is 44.3 Å². The average Bonchev–Trinajstić information content (AvgIpc) is 3.99. The second-order valence-corrected chi connectivity index (χ2v) is 17.2. The number of nitrogens with zero attached hydrogens (tertiary/aromatic N) is 4. The van der Waals surface area contributed by atoms with Crippen LogP contribution in [0.1, 0.15) is 105 Å². The molecule has 7 rings (SSSR count). The van der Waals surface area contributed by atoms with Crippen LogP contribution >= 0.6 is 7.82 Å². The molecule has 4 atom stereocenters. The predicted molar refractivity (Wildman–Crippen MR) is 242 cm³/mol. The fourth-order valence-corrected chi connectivity index (χ4v) is 8.56. The number of H-pyrrole nitrogens is 1. The van der Waals surface area contributed by atoms with Gasteiger partial charge in [-0.15, -0.1) is 0 Å². The Bertz CT molecular complexity index is 2400. The molecule has 3 aliphatic heterocycles. The van der Waals surface area contributed by atoms with E-state index in [1.54, 1.807) is 0 Å². The second kappa shape index (κ2) is 21.3. The number of hydrogen-bond donors (Lipinski definition) is 5. The van der Waals surface area contributed by atoms with Crippen molar-refractivity contribution < 1.29 is 37.7 Å². The molecule has 3 aliphatic rings. The van der Waals surface area contributed by atoms with Crippen molar-refractivity contribution in [3.8, 4) is 0 Å². The van der Waals surface area contributed by atoms with Gasteiger partial charge in [-0.25, -0.2) is 14.5 Å². The van der Waals surface area contributed by atoms with Crippen LogP contribution in [-0.4, -0.2) is 77.6 Å². The van der Waals surface area contributed by atoms with E-state index >= 15 is 0 Å². The number of rotatable bonds is 16. The molecule has 4 aromatic rings. The van der Waals surface area contributed by atoms with Crippen molar-refractivity contribution in [3.63, 3.8) is 0 Å². The van der Waals surface area contributed by atoms with Crippen LogP contribution in [0, 0.1) is 0 Å². The Balaban J connectivity index is 0.00000176. The Morgan fingerprint density at radius 2 is 1.73 bits per heavy atom. The van der Waals surface area contributed by atoms with Crippen molar-refractivity contribution in [2.24, 2.45) is 0 Å². The van der Waals surface area contributed by atoms with Gasteiger partial charge in [-0.05, 0) is 44.4 Å². The third-order valence-electron chi connectivity index (χ3n) is 11.2. The van der Waals surface area contributed by atoms with Gasteiger partial charge in [0.15, 0.2) is 16.9 Å². The lowest BCUT2D eigenvalue weighted by atomic mass is 9.81. The van der Waals surface area contributed by atoms with Crippen LogP contribution in [0.2, 0.25) is 0 Å². The van der Waals surface area contributed by atoms with Gasteiger partial charge >= 0.3 is 7.82 Å². The van der Waals surface area contributed by atoms with E-state index in [2.05, 4.69) is 125 Å². The summed E-state index contributed by atoms with van der Waals surface area (Å²) in [6.07, 6.45) is 12.1. The van der Waals surface area contributed by atoms with Crippen molar-refractivity contribution in [3.05, 3.63) is 119 Å². The first-order valence-electron chi connectivity index (χ1n) is 21.6. The minimum absolute atomic E-state index is 0.103. The molecule has 0 aliphatic carbocycles. The monoisotopic (exact) mass is 872 g/mol. The normalized spacial score (nSPS) is 21.2. The highest BCUT2D eigenvalue weighted by atomic mass is 31.2. The number of carbonyl (C=O) groups is 1. The van der Waals surface area contributed by atoms with Gasteiger partial charge in [0.05, 0.1) is 30.8 Å². The summed E-state index contributed by atoms with van der Waals surface area (Å²) in [5.74, 6) is -0.477. The number of aliphatic hydroxyl groups excluding tert-OH is 1. The second-order valence-electron chi connectivity index (χ2n) is 15.8. The smallest absolute Gasteiger partial charge is 0.412 e. The molecule has 16 heteroatoms. The Kier molecular flexibility index (Phi) is 16.4. The summed E-state index contributed by atoms with van der Waals surface area (Å²) in [6.45, 7) is 17.9. The zero-order chi connectivity index (χ0) is 45.1. The summed E-state index contributed by atoms with van der Waals surface area (Å²) in [5.41, 5.74) is 7.15. The molecule has 0 spiro atoms. The van der Waals surface area contributed by atoms with Crippen LogP contribution in [0.15, 0.2) is 102 Å². The molecule has 2 aromatic carbocycles. The van der Waals surface area contributed by atoms with Gasteiger partial charge in [-0.3, -0.25) is 23.6 Å². The molecule has 15 nitrogen and oxygen atoms in total. The first kappa shape index (κ1) is 47.9. The van der Waals surface area contributed by atoms with Crippen LogP contribution in [0.4, 0.5) is 11.4 Å². The Labute approximate surface area is 364 Å². The summed E-state index contributed by atoms with van der Waals surface area (Å²) >= 11 is 0. The standard InChI is InChI=1S/C42H50N7O8P.2C2H6/c1-41(2)28-14-7-9-16-30(28)47-34(41)18-13-19-35-42(3,4)29-15-8-10-17-31(29)48(35)22-12-6-5-11-21-43-36(51)20-23-55-58(53,54)56-25-33-32(50)24-37(57-33)49-27-46-38-39(49)44-26-45-40(38)52;2*1-2/h7-10,13-20,23,26-27,32-33,37,50H,5-6,11-12,21-22,24-25H2,1-4H3,(H3,43,44,45,51,52,53,54);2*1-2H3/p+1/b23-20+;;. The molecule has 0 radical (unpaired) electrons. The first-order valence-corrected chi connectivity index (χ1v) is 23.1. The number of carbonyl (C=O) groups excluding carboxylic acids is 1. The molecule has 4 unspecified atom stereocenters. The summed E-state index contributed by atoms with van der Waals surface area (Å²) in [7, 11) is -4.62. The fourth-order valence-electron chi connectivity index (χ4n) is 7.95. The summed E-state index contributed by atoms with van der Waals surface area (Å²) < 4.78 is 32.0. The van der Waals surface area contributed by atoms with E-state index in [-0.39, 0.29) is 28.4 Å². The van der Waals surface area contributed by atoms with E-state index in [4.69, 9.17) is 13.8 Å². The third kappa shape index (κ3) is 10.9. The number of ether oxygens (including phenoxy) is 1. The number of hydrogen-bond acceptors (Lipinski definition) is 10. The molecule has 0 bridgehead atoms. The molecule has 5 heterocycles. The van der Waals surface area contributed by atoms with E-state index in [1.807, 2.05) is 27.7 Å². The van der Waals surface area contributed by atoms with Crippen molar-refractivity contribution in [1.82, 2.24) is 24.8 Å². The highest BCUT2D eigenvalue weighted by molar-refractivity contribution is 7.47. The van der Waals surface area contributed by atoms with Crippen LogP contribution in [0.3, 0.4) is 0 Å². The third-order valence-corrected chi connectivity index (χ3v) is 12.0. The maximum absolute atomic E-state index is 12.4. The van der Waals surface area contributed by atoms with Gasteiger partial charge in [-0.2, -0.15) is 4.58 Å². The van der Waals surface area contributed by atoms with Crippen LogP contribution in [-0.2, 0) is 34.0 Å². The van der Waals surface area contributed by atoms with Crippen molar-refractivity contribution in [2.45, 2.75) is 117 Å². The average molecular weight is 873 g/mol. The van der Waals surface area contributed by atoms with E-state index in [1.165, 1.54) is 45.4 Å². The topological polar surface area (TPSA) is 193 Å². The van der Waals surface area contributed by atoms with Crippen molar-refractivity contribution in [1.29, 1.82) is 0 Å². The Morgan fingerprint density at radius 3 is 2.48 bits per heavy atom. The molecule has 62 heavy (non-hydrogen) atoms. The number of allylic oxidation sites excluding steroid dienone is 4. The molecule has 5 N–H and O–H groups in total. The molecule has 0 saturated carbocycles. The van der Waals surface area contributed by atoms with E-state index in [0.717, 1.165) is 50.3 Å². The zero-order valence-electron chi connectivity index (χ0n) is 37.1. The van der Waals surface area contributed by atoms with Gasteiger partial charge in [-0.1, -0.05) is 90.4 Å². The maximum atomic E-state index is 12.4. The predicted octanol–water partition coefficient (Wildman–Crippen LogP) is 8.06. The number of phosphoric ester groups is 1. The largest absolute Gasteiger partial charge is 0.526 e. The number of anilines is 1. The van der Waals surface area contributed by atoms with Gasteiger partial charge in [0.25, 0.3) is 5.56 Å². The van der Waals surface area contributed by atoms with Gasteiger partial charge in [0.1, 0.15) is 25.1 Å². The lowest BCUT2D eigenvalue weighted by Gasteiger charge is -2.20. The molecule has 1 amide bonds. The molecule has 334 valence electrons. The van der Waals surface area contributed by atoms with Gasteiger partial charge < -0.3 is 30.0 Å². The molecule has 2 aromatic heterocycles. The number of aliphatic hydroxyl groups is 1. The van der Waals surface area contributed by atoms with Crippen molar-refractivity contribution >= 4 is 42.0 Å². The highest BCUT2D eigenvalue weighted by Crippen LogP contribution is 2.45. The molecule has 1 saturated heterocycles. The minimum Gasteiger partial charge on any atom is -0.412 e. The zero-order valence-corrected chi connectivity index (χ0v) is 38.0. The summed E-state index contributed by atoms with van der Waals surface area (Å²) in [5, 5.41) is 16.9. The fraction of sp³-hybridized carbons (Fsp3) is 0.457. The Morgan fingerprint density at radius 1 is 1.02 bits per heavy atom. The first-order chi connectivity index (χ1) is 29.8. The van der Waals surface area contributed by atoms with E-state index in [0.29, 0.717) is 6.54 Å². The maximum Gasteiger partial charge on any atom is 0.526 e. The number of amides is 1. The number of phosphoric acid groups is 1. The van der Waals surface area contributed by atoms with Crippen LogP contribution in [0.25, 0.3) is 11.2 Å². The summed E-state index contributed by atoms with van der Waals surface area (Å²) in [4.78, 5) is 45.0. The number of aromatic amines is 1. The molecular weight excluding hydrogens is 810 g/mol. The van der Waals surface area contributed by atoms with Crippen molar-refractivity contribution in [2.75, 3.05) is 25.0 Å². The quantitative estimate of drug-likeness (QED) is 0.0240. The van der Waals surface area contributed by atoms with Crippen LogP contribution < -0.4 is 16.2 Å². The van der Waals surface area contributed by atoms with Gasteiger partial charge in [0.2, 0.25) is 11.6 Å². The van der Waals surface area contributed by atoms with E-state index in [9.17, 15) is 24.2 Å². The number of aromatic nitrogens is 4. The van der Waals surface area contributed by atoms with Gasteiger partial charge in [0, 0.05) is 60.0 Å². The number of fused-ring (bicyclic) bond motifs is 3. The Hall–Kier alpha value is -5.18. The number of unbranched alkanes of at least 4 members (excludes halogenated alkanes) is 3. The summed E-state index contributed by atoms with van der Waals surface area (Å²) in [6, 6.07) is 17.1. The highest BCUT2D eigenvalue weighted by Gasteiger charge is 2.44. The SMILES string of the molecule is CC.CC.CC1(C)C(/C=C/C=C2\Nc3ccccc3C2(C)C)=[N+](CCCCCCNC(=O)/C=C/OP(=O)(O)OCC2OC(n3cnc4c(=O)[nH]cnc43)CC2O)c2ccccc21. The van der Waals surface area contributed by atoms with Crippen LogP contribution in [0.5, 0.6) is 0 Å². The number of para-hydroxylation sites is 2. The lowest BCUT2D eigenvalue weighted by molar-refractivity contribution is -0.438. The minimum atomic E-state index is -4.62. The number of imidazole rings is 1. The molecular formula is C46H63N7O8P+. The lowest BCUT2D eigenvalue weighted by Crippen LogP contribution is -2.28.